The minimum atomic E-state index is 0.326. The highest BCUT2D eigenvalue weighted by atomic mass is 14.9. The topological polar surface area (TPSA) is 12.0 Å². The normalized spacial score (nSPS) is 21.5. The van der Waals surface area contributed by atoms with Crippen molar-refractivity contribution in [3.63, 3.8) is 0 Å². The summed E-state index contributed by atoms with van der Waals surface area (Å²) in [5.74, 6) is 0. The van der Waals surface area contributed by atoms with Gasteiger partial charge in [-0.2, -0.15) is 0 Å². The van der Waals surface area contributed by atoms with Crippen molar-refractivity contribution < 1.29 is 0 Å². The summed E-state index contributed by atoms with van der Waals surface area (Å²) < 4.78 is 0. The number of nitrogens with one attached hydrogen (secondary N) is 1. The van der Waals surface area contributed by atoms with Crippen LogP contribution < -0.4 is 5.32 Å². The predicted octanol–water partition coefficient (Wildman–Crippen LogP) is 3.97. The van der Waals surface area contributed by atoms with Crippen LogP contribution in [0.25, 0.3) is 0 Å². The van der Waals surface area contributed by atoms with E-state index in [2.05, 4.69) is 51.2 Å². The summed E-state index contributed by atoms with van der Waals surface area (Å²) in [6.45, 7) is 10.2. The number of fused-ring (bicyclic) bond motifs is 1. The quantitative estimate of drug-likeness (QED) is 0.826. The summed E-state index contributed by atoms with van der Waals surface area (Å²) in [6.07, 6.45) is 3.66. The van der Waals surface area contributed by atoms with Gasteiger partial charge in [0.1, 0.15) is 0 Å². The van der Waals surface area contributed by atoms with Gasteiger partial charge < -0.3 is 5.32 Å². The molecule has 2 rings (SSSR count). The molecule has 1 N–H and O–H groups in total. The van der Waals surface area contributed by atoms with Crippen molar-refractivity contribution >= 4 is 0 Å². The maximum atomic E-state index is 3.63. The van der Waals surface area contributed by atoms with Crippen LogP contribution in [-0.2, 0) is 11.8 Å². The van der Waals surface area contributed by atoms with Gasteiger partial charge in [0.05, 0.1) is 0 Å². The highest BCUT2D eigenvalue weighted by molar-refractivity contribution is 5.43. The van der Waals surface area contributed by atoms with Gasteiger partial charge in [-0.1, -0.05) is 52.3 Å². The fraction of sp³-hybridized carbons (Fsp3) is 0.625. The van der Waals surface area contributed by atoms with Crippen LogP contribution in [0.5, 0.6) is 0 Å². The molecule has 1 unspecified atom stereocenters. The summed E-state index contributed by atoms with van der Waals surface area (Å²) in [6, 6.07) is 7.67. The molecule has 1 atom stereocenters. The van der Waals surface area contributed by atoms with Crippen LogP contribution >= 0.6 is 0 Å². The van der Waals surface area contributed by atoms with E-state index in [0.29, 0.717) is 11.5 Å². The monoisotopic (exact) mass is 231 g/mol. The Labute approximate surface area is 106 Å². The minimum Gasteiger partial charge on any atom is -0.310 e. The molecular formula is C16H25N. The van der Waals surface area contributed by atoms with Crippen LogP contribution in [0, 0.1) is 0 Å². The lowest BCUT2D eigenvalue weighted by Gasteiger charge is -2.19. The number of benzene rings is 1. The van der Waals surface area contributed by atoms with Gasteiger partial charge in [-0.15, -0.1) is 0 Å². The van der Waals surface area contributed by atoms with Gasteiger partial charge in [-0.25, -0.2) is 0 Å². The zero-order valence-electron chi connectivity index (χ0n) is 11.6. The molecule has 17 heavy (non-hydrogen) atoms. The van der Waals surface area contributed by atoms with Crippen LogP contribution in [0.2, 0.25) is 0 Å². The third-order valence-corrected chi connectivity index (χ3v) is 3.92. The Bertz CT molecular complexity index is 393. The molecule has 1 aliphatic rings. The van der Waals surface area contributed by atoms with E-state index in [-0.39, 0.29) is 0 Å². The molecule has 0 saturated carbocycles. The van der Waals surface area contributed by atoms with Gasteiger partial charge in [0.2, 0.25) is 0 Å². The SMILES string of the molecule is CCCc1ccc2c(c1)C(NCC)CC2(C)C. The molecule has 1 heteroatoms. The van der Waals surface area contributed by atoms with Crippen molar-refractivity contribution in [2.24, 2.45) is 0 Å². The number of hydrogen-bond donors (Lipinski definition) is 1. The Morgan fingerprint density at radius 1 is 1.29 bits per heavy atom. The zero-order valence-corrected chi connectivity index (χ0v) is 11.6. The molecule has 1 aromatic carbocycles. The Kier molecular flexibility index (Phi) is 3.58. The molecule has 0 heterocycles. The maximum absolute atomic E-state index is 3.63. The van der Waals surface area contributed by atoms with E-state index < -0.39 is 0 Å². The fourth-order valence-corrected chi connectivity index (χ4v) is 3.12. The fourth-order valence-electron chi connectivity index (χ4n) is 3.12. The van der Waals surface area contributed by atoms with Gasteiger partial charge >= 0.3 is 0 Å². The average molecular weight is 231 g/mol. The van der Waals surface area contributed by atoms with Crippen LogP contribution in [0.3, 0.4) is 0 Å². The Morgan fingerprint density at radius 3 is 2.71 bits per heavy atom. The third kappa shape index (κ3) is 2.40. The zero-order chi connectivity index (χ0) is 12.5. The van der Waals surface area contributed by atoms with Gasteiger partial charge in [0.15, 0.2) is 0 Å². The second-order valence-corrected chi connectivity index (χ2v) is 5.87. The van der Waals surface area contributed by atoms with Crippen molar-refractivity contribution in [1.29, 1.82) is 0 Å². The van der Waals surface area contributed by atoms with E-state index in [0.717, 1.165) is 6.54 Å². The van der Waals surface area contributed by atoms with Gasteiger partial charge in [0, 0.05) is 6.04 Å². The lowest BCUT2D eigenvalue weighted by molar-refractivity contribution is 0.434. The van der Waals surface area contributed by atoms with Crippen molar-refractivity contribution in [3.8, 4) is 0 Å². The van der Waals surface area contributed by atoms with Crippen LogP contribution in [0.15, 0.2) is 18.2 Å². The van der Waals surface area contributed by atoms with Gasteiger partial charge in [-0.3, -0.25) is 0 Å². The molecule has 0 fully saturated rings. The molecule has 1 nitrogen and oxygen atoms in total. The molecule has 0 spiro atoms. The predicted molar refractivity (Wildman–Crippen MR) is 74.5 cm³/mol. The number of hydrogen-bond acceptors (Lipinski definition) is 1. The first-order valence-electron chi connectivity index (χ1n) is 6.95. The number of aryl methyl sites for hydroxylation is 1. The molecule has 0 aliphatic heterocycles. The van der Waals surface area contributed by atoms with E-state index in [1.165, 1.54) is 24.8 Å². The van der Waals surface area contributed by atoms with E-state index in [1.54, 1.807) is 11.1 Å². The molecule has 0 amide bonds. The van der Waals surface area contributed by atoms with Crippen molar-refractivity contribution in [3.05, 3.63) is 34.9 Å². The molecule has 0 saturated heterocycles. The average Bonchev–Trinajstić information content (AvgIpc) is 2.52. The van der Waals surface area contributed by atoms with Crippen LogP contribution in [0.1, 0.15) is 63.3 Å². The molecule has 94 valence electrons. The summed E-state index contributed by atoms with van der Waals surface area (Å²) >= 11 is 0. The summed E-state index contributed by atoms with van der Waals surface area (Å²) in [5, 5.41) is 3.63. The Balaban J connectivity index is 2.36. The van der Waals surface area contributed by atoms with E-state index >= 15 is 0 Å². The molecule has 1 aliphatic carbocycles. The lowest BCUT2D eigenvalue weighted by atomic mass is 9.86. The Hall–Kier alpha value is -0.820. The second kappa shape index (κ2) is 4.81. The standard InChI is InChI=1S/C16H25N/c1-5-7-12-8-9-14-13(10-12)15(17-6-2)11-16(14,3)4/h8-10,15,17H,5-7,11H2,1-4H3. The third-order valence-electron chi connectivity index (χ3n) is 3.92. The smallest absolute Gasteiger partial charge is 0.0331 e. The number of rotatable bonds is 4. The largest absolute Gasteiger partial charge is 0.310 e. The first-order valence-corrected chi connectivity index (χ1v) is 6.95. The van der Waals surface area contributed by atoms with E-state index in [9.17, 15) is 0 Å². The molecule has 0 radical (unpaired) electrons. The maximum Gasteiger partial charge on any atom is 0.0331 e. The molecule has 0 aromatic heterocycles. The van der Waals surface area contributed by atoms with E-state index in [1.807, 2.05) is 0 Å². The summed E-state index contributed by atoms with van der Waals surface area (Å²) in [5.41, 5.74) is 4.91. The lowest BCUT2D eigenvalue weighted by Crippen LogP contribution is -2.20. The summed E-state index contributed by atoms with van der Waals surface area (Å²) in [4.78, 5) is 0. The molecular weight excluding hydrogens is 206 g/mol. The summed E-state index contributed by atoms with van der Waals surface area (Å²) in [7, 11) is 0. The van der Waals surface area contributed by atoms with Gasteiger partial charge in [0.25, 0.3) is 0 Å². The van der Waals surface area contributed by atoms with Crippen molar-refractivity contribution in [1.82, 2.24) is 5.32 Å². The van der Waals surface area contributed by atoms with Crippen molar-refractivity contribution in [2.75, 3.05) is 6.54 Å². The minimum absolute atomic E-state index is 0.326. The Morgan fingerprint density at radius 2 is 2.06 bits per heavy atom. The molecule has 0 bridgehead atoms. The highest BCUT2D eigenvalue weighted by Gasteiger charge is 2.36. The second-order valence-electron chi connectivity index (χ2n) is 5.87. The van der Waals surface area contributed by atoms with Crippen LogP contribution in [-0.4, -0.2) is 6.54 Å². The highest BCUT2D eigenvalue weighted by Crippen LogP contribution is 2.44. The first-order chi connectivity index (χ1) is 8.08. The van der Waals surface area contributed by atoms with Gasteiger partial charge in [-0.05, 0) is 41.5 Å². The van der Waals surface area contributed by atoms with Crippen LogP contribution in [0.4, 0.5) is 0 Å². The van der Waals surface area contributed by atoms with Crippen molar-refractivity contribution in [2.45, 2.75) is 58.4 Å². The molecule has 1 aromatic rings. The first kappa shape index (κ1) is 12.6. The van der Waals surface area contributed by atoms with E-state index in [4.69, 9.17) is 0 Å².